The minimum Gasteiger partial charge on any atom is -0.444 e. The van der Waals surface area contributed by atoms with Gasteiger partial charge in [-0.05, 0) is 73.6 Å². The summed E-state index contributed by atoms with van der Waals surface area (Å²) in [5.74, 6) is 0.643. The minimum atomic E-state index is -3.08. The Morgan fingerprint density at radius 2 is 1.65 bits per heavy atom. The number of carbonyl (C=O) groups is 1. The van der Waals surface area contributed by atoms with Gasteiger partial charge in [0.05, 0.1) is 5.71 Å². The molecule has 0 unspecified atom stereocenters. The first-order chi connectivity index (χ1) is 15.0. The van der Waals surface area contributed by atoms with Gasteiger partial charge in [0.1, 0.15) is 5.76 Å². The Labute approximate surface area is 183 Å². The standard InChI is InChI=1S/C13H15NO.C9H14N2O4S/c15-8-14-13-11-5-1-3-9(11)7-10-4-2-6-12(10)13;1-10-16(13,14)9-5-6-7(11-12)3-2-4-8(6)15-9/h7-8H,1-6H2,(H,14,15);5,10,12-14H,2-4H2,1H3/b;11-7+. The van der Waals surface area contributed by atoms with Crippen LogP contribution in [-0.4, -0.2) is 33.5 Å². The van der Waals surface area contributed by atoms with Gasteiger partial charge in [-0.15, -0.1) is 0 Å². The van der Waals surface area contributed by atoms with Crippen LogP contribution in [-0.2, 0) is 36.9 Å². The molecule has 3 aliphatic carbocycles. The van der Waals surface area contributed by atoms with E-state index in [9.17, 15) is 13.9 Å². The second-order valence-corrected chi connectivity index (χ2v) is 9.96. The third kappa shape index (κ3) is 4.23. The summed E-state index contributed by atoms with van der Waals surface area (Å²) in [6.45, 7) is 0. The molecule has 0 radical (unpaired) electrons. The van der Waals surface area contributed by atoms with Crippen molar-refractivity contribution in [3.63, 3.8) is 0 Å². The molecule has 0 aliphatic heterocycles. The van der Waals surface area contributed by atoms with Gasteiger partial charge in [-0.2, -0.15) is 0 Å². The van der Waals surface area contributed by atoms with E-state index in [1.165, 1.54) is 61.1 Å². The van der Waals surface area contributed by atoms with E-state index in [1.54, 1.807) is 0 Å². The third-order valence-corrected chi connectivity index (χ3v) is 7.61. The number of anilines is 1. The van der Waals surface area contributed by atoms with Crippen LogP contribution in [0.4, 0.5) is 5.69 Å². The van der Waals surface area contributed by atoms with E-state index in [-0.39, 0.29) is 5.09 Å². The molecule has 1 aromatic carbocycles. The number of benzene rings is 1. The van der Waals surface area contributed by atoms with Crippen molar-refractivity contribution in [2.24, 2.45) is 5.16 Å². The van der Waals surface area contributed by atoms with E-state index in [2.05, 4.69) is 21.3 Å². The molecule has 1 amide bonds. The second kappa shape index (κ2) is 9.04. The zero-order valence-corrected chi connectivity index (χ0v) is 18.4. The average molecular weight is 448 g/mol. The molecule has 0 spiro atoms. The molecule has 0 saturated heterocycles. The molecule has 168 valence electrons. The van der Waals surface area contributed by atoms with Gasteiger partial charge in [-0.1, -0.05) is 22.0 Å². The van der Waals surface area contributed by atoms with Gasteiger partial charge in [-0.25, -0.2) is 4.72 Å². The van der Waals surface area contributed by atoms with E-state index in [4.69, 9.17) is 9.62 Å². The highest BCUT2D eigenvalue weighted by Gasteiger charge is 2.26. The third-order valence-electron chi connectivity index (χ3n) is 6.28. The Morgan fingerprint density at radius 3 is 2.23 bits per heavy atom. The van der Waals surface area contributed by atoms with Crippen molar-refractivity contribution in [1.29, 1.82) is 0 Å². The van der Waals surface area contributed by atoms with Crippen LogP contribution in [0.15, 0.2) is 26.8 Å². The number of oxime groups is 1. The highest BCUT2D eigenvalue weighted by molar-refractivity contribution is 8.22. The largest absolute Gasteiger partial charge is 0.444 e. The highest BCUT2D eigenvalue weighted by Crippen LogP contribution is 2.46. The van der Waals surface area contributed by atoms with Crippen LogP contribution in [0.5, 0.6) is 0 Å². The Hall–Kier alpha value is -2.33. The quantitative estimate of drug-likeness (QED) is 0.271. The summed E-state index contributed by atoms with van der Waals surface area (Å²) in [6.07, 6.45) is 10.2. The Balaban J connectivity index is 0.000000149. The predicted octanol–water partition coefficient (Wildman–Crippen LogP) is 4.27. The van der Waals surface area contributed by atoms with Crippen molar-refractivity contribution >= 4 is 28.6 Å². The molecule has 8 nitrogen and oxygen atoms in total. The lowest BCUT2D eigenvalue weighted by Gasteiger charge is -2.27. The molecule has 0 bridgehead atoms. The maximum Gasteiger partial charge on any atom is 0.227 e. The van der Waals surface area contributed by atoms with Crippen LogP contribution >= 0.6 is 10.8 Å². The smallest absolute Gasteiger partial charge is 0.227 e. The normalized spacial score (nSPS) is 18.6. The fourth-order valence-electron chi connectivity index (χ4n) is 4.78. The van der Waals surface area contributed by atoms with Gasteiger partial charge < -0.3 is 14.9 Å². The number of aryl methyl sites for hydroxylation is 3. The van der Waals surface area contributed by atoms with Crippen LogP contribution in [0.3, 0.4) is 0 Å². The van der Waals surface area contributed by atoms with Crippen molar-refractivity contribution < 1.29 is 23.5 Å². The molecule has 3 aliphatic rings. The molecule has 5 N–H and O–H groups in total. The maximum absolute atomic E-state index is 10.7. The predicted molar refractivity (Wildman–Crippen MR) is 120 cm³/mol. The summed E-state index contributed by atoms with van der Waals surface area (Å²) in [5, 5.41) is 15.0. The first-order valence-electron chi connectivity index (χ1n) is 10.7. The zero-order valence-electron chi connectivity index (χ0n) is 17.6. The summed E-state index contributed by atoms with van der Waals surface area (Å²) in [4.78, 5) is 10.7. The van der Waals surface area contributed by atoms with Gasteiger partial charge in [0.25, 0.3) is 0 Å². The van der Waals surface area contributed by atoms with Crippen molar-refractivity contribution in [2.75, 3.05) is 12.4 Å². The van der Waals surface area contributed by atoms with E-state index in [1.807, 2.05) is 0 Å². The Morgan fingerprint density at radius 1 is 1.00 bits per heavy atom. The summed E-state index contributed by atoms with van der Waals surface area (Å²) < 4.78 is 27.0. The molecule has 0 atom stereocenters. The lowest BCUT2D eigenvalue weighted by atomic mass is 9.97. The SMILES string of the molecule is CNS(O)(O)c1cc2c(o1)CCC/C2=N\O.O=CNc1c2c(cc3c1CCC3)CCC2. The summed E-state index contributed by atoms with van der Waals surface area (Å²) in [6, 6.07) is 3.90. The number of amides is 1. The van der Waals surface area contributed by atoms with E-state index in [0.29, 0.717) is 29.9 Å². The van der Waals surface area contributed by atoms with Crippen molar-refractivity contribution in [1.82, 2.24) is 4.72 Å². The fraction of sp³-hybridized carbons (Fsp3) is 0.455. The van der Waals surface area contributed by atoms with Crippen molar-refractivity contribution in [2.45, 2.75) is 62.9 Å². The molecule has 5 rings (SSSR count). The van der Waals surface area contributed by atoms with Gasteiger partial charge in [-0.3, -0.25) is 13.9 Å². The first-order valence-corrected chi connectivity index (χ1v) is 12.2. The lowest BCUT2D eigenvalue weighted by molar-refractivity contribution is -0.105. The van der Waals surface area contributed by atoms with Gasteiger partial charge in [0, 0.05) is 30.8 Å². The zero-order chi connectivity index (χ0) is 22.0. The van der Waals surface area contributed by atoms with Crippen molar-refractivity contribution in [3.8, 4) is 0 Å². The second-order valence-electron chi connectivity index (χ2n) is 8.05. The molecule has 9 heteroatoms. The van der Waals surface area contributed by atoms with Crippen LogP contribution < -0.4 is 10.0 Å². The number of rotatable bonds is 4. The number of fused-ring (bicyclic) bond motifs is 3. The van der Waals surface area contributed by atoms with Crippen LogP contribution in [0.1, 0.15) is 59.3 Å². The summed E-state index contributed by atoms with van der Waals surface area (Å²) >= 11 is 0. The minimum absolute atomic E-state index is 0.0862. The molecule has 0 fully saturated rings. The van der Waals surface area contributed by atoms with E-state index >= 15 is 0 Å². The molecular formula is C22H29N3O5S. The topological polar surface area (TPSA) is 127 Å². The molecular weight excluding hydrogens is 418 g/mol. The number of hydrogen-bond acceptors (Lipinski definition) is 7. The molecule has 2 aromatic rings. The number of nitrogens with zero attached hydrogens (tertiary/aromatic N) is 1. The summed E-state index contributed by atoms with van der Waals surface area (Å²) in [5.41, 5.74) is 8.10. The molecule has 31 heavy (non-hydrogen) atoms. The maximum atomic E-state index is 10.7. The highest BCUT2D eigenvalue weighted by atomic mass is 32.3. The first kappa shape index (κ1) is 21.9. The van der Waals surface area contributed by atoms with E-state index in [0.717, 1.165) is 31.4 Å². The van der Waals surface area contributed by atoms with Crippen LogP contribution in [0, 0.1) is 0 Å². The summed E-state index contributed by atoms with van der Waals surface area (Å²) in [7, 11) is -1.63. The number of carbonyl (C=O) groups excluding carboxylic acids is 1. The number of furan rings is 1. The molecule has 1 aromatic heterocycles. The monoisotopic (exact) mass is 447 g/mol. The Bertz CT molecular complexity index is 983. The Kier molecular flexibility index (Phi) is 6.38. The number of hydrogen-bond donors (Lipinski definition) is 5. The van der Waals surface area contributed by atoms with Crippen molar-refractivity contribution in [3.05, 3.63) is 45.7 Å². The average Bonchev–Trinajstić information content (AvgIpc) is 3.52. The number of nitrogens with one attached hydrogen (secondary N) is 2. The molecule has 0 saturated carbocycles. The molecule has 1 heterocycles. The van der Waals surface area contributed by atoms with Crippen LogP contribution in [0.25, 0.3) is 0 Å². The van der Waals surface area contributed by atoms with Gasteiger partial charge in [0.2, 0.25) is 11.5 Å². The van der Waals surface area contributed by atoms with Gasteiger partial charge >= 0.3 is 0 Å². The van der Waals surface area contributed by atoms with Gasteiger partial charge in [0.15, 0.2) is 0 Å². The van der Waals surface area contributed by atoms with E-state index < -0.39 is 10.8 Å². The fourth-order valence-corrected chi connectivity index (χ4v) is 5.48. The lowest BCUT2D eigenvalue weighted by Crippen LogP contribution is -2.14. The van der Waals surface area contributed by atoms with Crippen LogP contribution in [0.2, 0.25) is 0 Å².